The van der Waals surface area contributed by atoms with Crippen LogP contribution in [0.2, 0.25) is 0 Å². The van der Waals surface area contributed by atoms with Crippen molar-refractivity contribution < 1.29 is 8.83 Å². The Hall–Kier alpha value is -2.00. The van der Waals surface area contributed by atoms with Gasteiger partial charge in [-0.2, -0.15) is 0 Å². The summed E-state index contributed by atoms with van der Waals surface area (Å²) in [4.78, 5) is 0. The summed E-state index contributed by atoms with van der Waals surface area (Å²) < 4.78 is 10.9. The van der Waals surface area contributed by atoms with Gasteiger partial charge < -0.3 is 14.2 Å². The molecule has 2 heterocycles. The number of hydrogen-bond acceptors (Lipinski definition) is 3. The molecule has 0 saturated heterocycles. The van der Waals surface area contributed by atoms with E-state index in [1.54, 1.807) is 6.26 Å². The standard InChI is InChI=1S/C15H15NO2/c1-11(14-7-4-8-17-14)16-9-12-10-18-15-6-3-2-5-13(12)15/h2-8,10-11,16H,9H2,1H3/t11-/m0/s1. The van der Waals surface area contributed by atoms with Gasteiger partial charge in [-0.25, -0.2) is 0 Å². The Kier molecular flexibility index (Phi) is 2.90. The molecular weight excluding hydrogens is 226 g/mol. The van der Waals surface area contributed by atoms with E-state index in [0.717, 1.165) is 23.3 Å². The van der Waals surface area contributed by atoms with Crippen LogP contribution in [0, 0.1) is 0 Å². The van der Waals surface area contributed by atoms with E-state index in [4.69, 9.17) is 8.83 Å². The van der Waals surface area contributed by atoms with Crippen molar-refractivity contribution in [2.75, 3.05) is 0 Å². The highest BCUT2D eigenvalue weighted by molar-refractivity contribution is 5.80. The van der Waals surface area contributed by atoms with Crippen molar-refractivity contribution in [3.8, 4) is 0 Å². The molecule has 0 saturated carbocycles. The fourth-order valence-corrected chi connectivity index (χ4v) is 2.07. The van der Waals surface area contributed by atoms with Crippen LogP contribution in [0.25, 0.3) is 11.0 Å². The van der Waals surface area contributed by atoms with Crippen LogP contribution in [0.4, 0.5) is 0 Å². The molecule has 3 aromatic rings. The predicted octanol–water partition coefficient (Wildman–Crippen LogP) is 3.88. The molecule has 3 rings (SSSR count). The summed E-state index contributed by atoms with van der Waals surface area (Å²) in [6.45, 7) is 2.85. The number of benzene rings is 1. The number of furan rings is 2. The van der Waals surface area contributed by atoms with Gasteiger partial charge in [0.25, 0.3) is 0 Å². The molecular formula is C15H15NO2. The summed E-state index contributed by atoms with van der Waals surface area (Å²) in [5.74, 6) is 0.947. The highest BCUT2D eigenvalue weighted by atomic mass is 16.3. The Bertz CT molecular complexity index is 625. The molecule has 0 unspecified atom stereocenters. The number of fused-ring (bicyclic) bond motifs is 1. The van der Waals surface area contributed by atoms with Gasteiger partial charge in [0.1, 0.15) is 11.3 Å². The molecule has 0 radical (unpaired) electrons. The zero-order valence-electron chi connectivity index (χ0n) is 10.2. The number of nitrogens with one attached hydrogen (secondary N) is 1. The quantitative estimate of drug-likeness (QED) is 0.753. The predicted molar refractivity (Wildman–Crippen MR) is 70.2 cm³/mol. The normalized spacial score (nSPS) is 12.9. The van der Waals surface area contributed by atoms with Gasteiger partial charge in [0, 0.05) is 17.5 Å². The maximum atomic E-state index is 5.51. The summed E-state index contributed by atoms with van der Waals surface area (Å²) in [5.41, 5.74) is 2.10. The third kappa shape index (κ3) is 2.05. The second kappa shape index (κ2) is 4.70. The minimum Gasteiger partial charge on any atom is -0.468 e. The zero-order valence-corrected chi connectivity index (χ0v) is 10.2. The lowest BCUT2D eigenvalue weighted by molar-refractivity contribution is 0.430. The Labute approximate surface area is 105 Å². The first-order valence-corrected chi connectivity index (χ1v) is 6.06. The zero-order chi connectivity index (χ0) is 12.4. The molecule has 92 valence electrons. The van der Waals surface area contributed by atoms with Gasteiger partial charge in [-0.3, -0.25) is 0 Å². The molecule has 1 N–H and O–H groups in total. The van der Waals surface area contributed by atoms with E-state index in [1.807, 2.05) is 36.6 Å². The summed E-state index contributed by atoms with van der Waals surface area (Å²) in [7, 11) is 0. The average molecular weight is 241 g/mol. The van der Waals surface area contributed by atoms with Gasteiger partial charge in [-0.05, 0) is 25.1 Å². The molecule has 0 fully saturated rings. The van der Waals surface area contributed by atoms with Crippen molar-refractivity contribution >= 4 is 11.0 Å². The van der Waals surface area contributed by atoms with Gasteiger partial charge in [0.05, 0.1) is 18.6 Å². The van der Waals surface area contributed by atoms with Crippen molar-refractivity contribution in [3.63, 3.8) is 0 Å². The van der Waals surface area contributed by atoms with Crippen molar-refractivity contribution in [1.29, 1.82) is 0 Å². The summed E-state index contributed by atoms with van der Waals surface area (Å²) in [5, 5.41) is 4.59. The van der Waals surface area contributed by atoms with Crippen LogP contribution in [-0.4, -0.2) is 0 Å². The van der Waals surface area contributed by atoms with Crippen molar-refractivity contribution in [1.82, 2.24) is 5.32 Å². The first-order valence-electron chi connectivity index (χ1n) is 6.06. The molecule has 1 aromatic carbocycles. The van der Waals surface area contributed by atoms with Crippen LogP contribution in [0.15, 0.2) is 57.8 Å². The molecule has 3 heteroatoms. The Morgan fingerprint density at radius 3 is 2.83 bits per heavy atom. The summed E-state index contributed by atoms with van der Waals surface area (Å²) >= 11 is 0. The van der Waals surface area contributed by atoms with Crippen LogP contribution in [0.1, 0.15) is 24.3 Å². The minimum atomic E-state index is 0.189. The van der Waals surface area contributed by atoms with E-state index < -0.39 is 0 Å². The fourth-order valence-electron chi connectivity index (χ4n) is 2.07. The highest BCUT2D eigenvalue weighted by Gasteiger charge is 2.09. The van der Waals surface area contributed by atoms with Gasteiger partial charge in [-0.1, -0.05) is 18.2 Å². The van der Waals surface area contributed by atoms with E-state index in [0.29, 0.717) is 0 Å². The molecule has 0 amide bonds. The Balaban J connectivity index is 1.73. The van der Waals surface area contributed by atoms with Gasteiger partial charge in [0.2, 0.25) is 0 Å². The van der Waals surface area contributed by atoms with Crippen LogP contribution in [-0.2, 0) is 6.54 Å². The Morgan fingerprint density at radius 1 is 1.11 bits per heavy atom. The molecule has 0 aliphatic rings. The molecule has 18 heavy (non-hydrogen) atoms. The third-order valence-corrected chi connectivity index (χ3v) is 3.13. The van der Waals surface area contributed by atoms with Crippen molar-refractivity contribution in [2.45, 2.75) is 19.5 Å². The van der Waals surface area contributed by atoms with Gasteiger partial charge in [0.15, 0.2) is 0 Å². The smallest absolute Gasteiger partial charge is 0.134 e. The molecule has 0 aliphatic carbocycles. The van der Waals surface area contributed by atoms with E-state index >= 15 is 0 Å². The summed E-state index contributed by atoms with van der Waals surface area (Å²) in [6, 6.07) is 12.1. The SMILES string of the molecule is C[C@H](NCc1coc2ccccc12)c1ccco1. The molecule has 0 bridgehead atoms. The number of para-hydroxylation sites is 1. The number of hydrogen-bond donors (Lipinski definition) is 1. The Morgan fingerprint density at radius 2 is 2.00 bits per heavy atom. The lowest BCUT2D eigenvalue weighted by atomic mass is 10.1. The minimum absolute atomic E-state index is 0.189. The van der Waals surface area contributed by atoms with Gasteiger partial charge >= 0.3 is 0 Å². The fraction of sp³-hybridized carbons (Fsp3) is 0.200. The van der Waals surface area contributed by atoms with E-state index in [9.17, 15) is 0 Å². The van der Waals surface area contributed by atoms with Crippen LogP contribution in [0.5, 0.6) is 0 Å². The molecule has 3 nitrogen and oxygen atoms in total. The molecule has 0 aliphatic heterocycles. The largest absolute Gasteiger partial charge is 0.468 e. The lowest BCUT2D eigenvalue weighted by Crippen LogP contribution is -2.17. The third-order valence-electron chi connectivity index (χ3n) is 3.13. The average Bonchev–Trinajstić information content (AvgIpc) is 3.06. The van der Waals surface area contributed by atoms with E-state index in [1.165, 1.54) is 5.56 Å². The second-order valence-corrected chi connectivity index (χ2v) is 4.38. The maximum absolute atomic E-state index is 5.51. The first-order chi connectivity index (χ1) is 8.84. The van der Waals surface area contributed by atoms with E-state index in [2.05, 4.69) is 18.3 Å². The lowest BCUT2D eigenvalue weighted by Gasteiger charge is -2.10. The maximum Gasteiger partial charge on any atom is 0.134 e. The highest BCUT2D eigenvalue weighted by Crippen LogP contribution is 2.21. The van der Waals surface area contributed by atoms with Crippen LogP contribution >= 0.6 is 0 Å². The van der Waals surface area contributed by atoms with E-state index in [-0.39, 0.29) is 6.04 Å². The van der Waals surface area contributed by atoms with Crippen LogP contribution < -0.4 is 5.32 Å². The monoisotopic (exact) mass is 241 g/mol. The molecule has 2 aromatic heterocycles. The topological polar surface area (TPSA) is 38.3 Å². The van der Waals surface area contributed by atoms with Crippen molar-refractivity contribution in [3.05, 3.63) is 60.2 Å². The van der Waals surface area contributed by atoms with Crippen LogP contribution in [0.3, 0.4) is 0 Å². The molecule has 1 atom stereocenters. The molecule has 0 spiro atoms. The van der Waals surface area contributed by atoms with Gasteiger partial charge in [-0.15, -0.1) is 0 Å². The number of rotatable bonds is 4. The second-order valence-electron chi connectivity index (χ2n) is 4.38. The first kappa shape index (κ1) is 11.1. The van der Waals surface area contributed by atoms with Crippen molar-refractivity contribution in [2.24, 2.45) is 0 Å². The summed E-state index contributed by atoms with van der Waals surface area (Å²) in [6.07, 6.45) is 3.51.